The number of carboxylic acid groups (broad SMARTS) is 1. The van der Waals surface area contributed by atoms with Crippen molar-refractivity contribution in [2.75, 3.05) is 11.1 Å². The zero-order valence-corrected chi connectivity index (χ0v) is 13.8. The molecular weight excluding hydrogens is 384 g/mol. The van der Waals surface area contributed by atoms with Crippen LogP contribution in [0.5, 0.6) is 0 Å². The molecule has 0 spiro atoms. The molecule has 2 aromatic heterocycles. The van der Waals surface area contributed by atoms with E-state index in [1.54, 1.807) is 12.1 Å². The molecule has 3 aromatic rings. The number of rotatable bonds is 3. The molecule has 0 aliphatic rings. The van der Waals surface area contributed by atoms with Crippen LogP contribution in [0, 0.1) is 0 Å². The van der Waals surface area contributed by atoms with Gasteiger partial charge in [-0.15, -0.1) is 0 Å². The van der Waals surface area contributed by atoms with E-state index in [1.165, 1.54) is 29.7 Å². The minimum Gasteiger partial charge on any atom is -0.478 e. The molecular formula is C14H9BrN4O3S. The van der Waals surface area contributed by atoms with Crippen LogP contribution in [0.3, 0.4) is 0 Å². The molecule has 9 heteroatoms. The zero-order valence-electron chi connectivity index (χ0n) is 11.4. The van der Waals surface area contributed by atoms with Crippen molar-refractivity contribution in [1.29, 1.82) is 0 Å². The van der Waals surface area contributed by atoms with Crippen molar-refractivity contribution in [3.05, 3.63) is 46.1 Å². The van der Waals surface area contributed by atoms with Gasteiger partial charge in [-0.25, -0.2) is 14.8 Å². The number of nitrogens with one attached hydrogen (secondary N) is 1. The van der Waals surface area contributed by atoms with Crippen LogP contribution in [-0.4, -0.2) is 27.0 Å². The number of anilines is 2. The molecule has 1 aromatic carbocycles. The Labute approximate surface area is 142 Å². The first-order chi connectivity index (χ1) is 10.9. The van der Waals surface area contributed by atoms with Gasteiger partial charge >= 0.3 is 5.97 Å². The third kappa shape index (κ3) is 3.15. The highest BCUT2D eigenvalue weighted by Gasteiger charge is 2.13. The molecule has 0 aliphatic heterocycles. The van der Waals surface area contributed by atoms with Gasteiger partial charge in [0.2, 0.25) is 0 Å². The maximum atomic E-state index is 12.2. The molecule has 0 unspecified atom stereocenters. The Morgan fingerprint density at radius 1 is 1.26 bits per heavy atom. The molecule has 0 saturated heterocycles. The smallest absolute Gasteiger partial charge is 0.335 e. The van der Waals surface area contributed by atoms with Crippen molar-refractivity contribution in [1.82, 2.24) is 9.97 Å². The number of nitrogens with two attached hydrogens (primary N) is 1. The molecule has 4 N–H and O–H groups in total. The van der Waals surface area contributed by atoms with E-state index < -0.39 is 5.97 Å². The van der Waals surface area contributed by atoms with E-state index in [2.05, 4.69) is 31.2 Å². The lowest BCUT2D eigenvalue weighted by molar-refractivity contribution is 0.0697. The van der Waals surface area contributed by atoms with E-state index in [-0.39, 0.29) is 11.5 Å². The standard InChI is InChI=1S/C14H9BrN4O3S/c15-8-3-7(5-17-11(8)16)12(20)19-14-18-9-2-1-6(13(21)22)4-10(9)23-14/h1-5H,(H2,16,17)(H,21,22)(H,18,19,20). The first-order valence-electron chi connectivity index (χ1n) is 6.30. The number of carbonyl (C=O) groups is 2. The van der Waals surface area contributed by atoms with Crippen LogP contribution in [0.2, 0.25) is 0 Å². The average molecular weight is 393 g/mol. The fourth-order valence-electron chi connectivity index (χ4n) is 1.85. The lowest BCUT2D eigenvalue weighted by atomic mass is 10.2. The summed E-state index contributed by atoms with van der Waals surface area (Å²) in [5, 5.41) is 12.0. The topological polar surface area (TPSA) is 118 Å². The fraction of sp³-hybridized carbons (Fsp3) is 0. The summed E-state index contributed by atoms with van der Waals surface area (Å²) in [5.41, 5.74) is 6.70. The summed E-state index contributed by atoms with van der Waals surface area (Å²) in [6.45, 7) is 0. The monoisotopic (exact) mass is 392 g/mol. The number of carbonyl (C=O) groups excluding carboxylic acids is 1. The van der Waals surface area contributed by atoms with Crippen LogP contribution in [0.4, 0.5) is 10.9 Å². The van der Waals surface area contributed by atoms with E-state index in [4.69, 9.17) is 10.8 Å². The van der Waals surface area contributed by atoms with Gasteiger partial charge in [0.1, 0.15) is 5.82 Å². The van der Waals surface area contributed by atoms with Gasteiger partial charge in [0.25, 0.3) is 5.91 Å². The van der Waals surface area contributed by atoms with Crippen molar-refractivity contribution in [2.45, 2.75) is 0 Å². The van der Waals surface area contributed by atoms with Gasteiger partial charge in [-0.2, -0.15) is 0 Å². The number of hydrogen-bond acceptors (Lipinski definition) is 6. The summed E-state index contributed by atoms with van der Waals surface area (Å²) < 4.78 is 1.21. The zero-order chi connectivity index (χ0) is 16.6. The van der Waals surface area contributed by atoms with Crippen LogP contribution >= 0.6 is 27.3 Å². The Hall–Kier alpha value is -2.52. The third-order valence-electron chi connectivity index (χ3n) is 2.99. The first-order valence-corrected chi connectivity index (χ1v) is 7.91. The third-order valence-corrected chi connectivity index (χ3v) is 4.56. The molecule has 7 nitrogen and oxygen atoms in total. The van der Waals surface area contributed by atoms with Crippen LogP contribution in [-0.2, 0) is 0 Å². The molecule has 23 heavy (non-hydrogen) atoms. The van der Waals surface area contributed by atoms with Crippen molar-refractivity contribution in [3.63, 3.8) is 0 Å². The van der Waals surface area contributed by atoms with Crippen molar-refractivity contribution in [3.8, 4) is 0 Å². The second-order valence-corrected chi connectivity index (χ2v) is 6.44. The maximum Gasteiger partial charge on any atom is 0.335 e. The summed E-state index contributed by atoms with van der Waals surface area (Å²) in [7, 11) is 0. The lowest BCUT2D eigenvalue weighted by Crippen LogP contribution is -2.12. The summed E-state index contributed by atoms with van der Waals surface area (Å²) in [4.78, 5) is 31.3. The Bertz CT molecular complexity index is 941. The van der Waals surface area contributed by atoms with Gasteiger partial charge in [0.15, 0.2) is 5.13 Å². The number of nitrogens with zero attached hydrogens (tertiary/aromatic N) is 2. The predicted octanol–water partition coefficient (Wildman–Crippen LogP) is 2.99. The quantitative estimate of drug-likeness (QED) is 0.630. The van der Waals surface area contributed by atoms with Crippen LogP contribution < -0.4 is 11.1 Å². The minimum atomic E-state index is -1.01. The number of hydrogen-bond donors (Lipinski definition) is 3. The predicted molar refractivity (Wildman–Crippen MR) is 90.9 cm³/mol. The highest BCUT2D eigenvalue weighted by Crippen LogP contribution is 2.27. The van der Waals surface area contributed by atoms with E-state index in [9.17, 15) is 9.59 Å². The largest absolute Gasteiger partial charge is 0.478 e. The van der Waals surface area contributed by atoms with Gasteiger partial charge in [0.05, 0.1) is 25.8 Å². The molecule has 0 atom stereocenters. The van der Waals surface area contributed by atoms with Crippen LogP contribution in [0.25, 0.3) is 10.2 Å². The van der Waals surface area contributed by atoms with E-state index in [0.717, 1.165) is 0 Å². The SMILES string of the molecule is Nc1ncc(C(=O)Nc2nc3ccc(C(=O)O)cc3s2)cc1Br. The maximum absolute atomic E-state index is 12.2. The van der Waals surface area contributed by atoms with E-state index in [0.29, 0.717) is 31.2 Å². The van der Waals surface area contributed by atoms with Gasteiger partial charge in [-0.3, -0.25) is 10.1 Å². The summed E-state index contributed by atoms with van der Waals surface area (Å²) >= 11 is 4.41. The molecule has 116 valence electrons. The number of fused-ring (bicyclic) bond motifs is 1. The van der Waals surface area contributed by atoms with Crippen molar-refractivity contribution in [2.24, 2.45) is 0 Å². The summed E-state index contributed by atoms with van der Waals surface area (Å²) in [5.74, 6) is -1.10. The number of pyridine rings is 1. The number of halogens is 1. The normalized spacial score (nSPS) is 10.7. The molecule has 2 heterocycles. The highest BCUT2D eigenvalue weighted by atomic mass is 79.9. The highest BCUT2D eigenvalue weighted by molar-refractivity contribution is 9.10. The van der Waals surface area contributed by atoms with Crippen molar-refractivity contribution < 1.29 is 14.7 Å². The number of benzene rings is 1. The summed E-state index contributed by atoms with van der Waals surface area (Å²) in [6.07, 6.45) is 1.37. The number of carboxylic acids is 1. The van der Waals surface area contributed by atoms with Crippen LogP contribution in [0.1, 0.15) is 20.7 Å². The van der Waals surface area contributed by atoms with Crippen LogP contribution in [0.15, 0.2) is 34.9 Å². The number of thiazole rings is 1. The van der Waals surface area contributed by atoms with Crippen molar-refractivity contribution >= 4 is 60.3 Å². The number of nitrogen functional groups attached to an aromatic ring is 1. The fourth-order valence-corrected chi connectivity index (χ4v) is 3.10. The van der Waals surface area contributed by atoms with Gasteiger partial charge in [-0.1, -0.05) is 11.3 Å². The minimum absolute atomic E-state index is 0.172. The Kier molecular flexibility index (Phi) is 3.97. The Morgan fingerprint density at radius 2 is 2.04 bits per heavy atom. The molecule has 0 bridgehead atoms. The van der Waals surface area contributed by atoms with E-state index >= 15 is 0 Å². The number of aromatic nitrogens is 2. The molecule has 0 saturated carbocycles. The van der Waals surface area contributed by atoms with Gasteiger partial charge in [0, 0.05) is 6.20 Å². The molecule has 0 fully saturated rings. The second kappa shape index (κ2) is 5.94. The average Bonchev–Trinajstić information content (AvgIpc) is 2.90. The molecule has 1 amide bonds. The number of amides is 1. The van der Waals surface area contributed by atoms with Gasteiger partial charge < -0.3 is 10.8 Å². The molecule has 0 radical (unpaired) electrons. The molecule has 3 rings (SSSR count). The second-order valence-electron chi connectivity index (χ2n) is 4.55. The van der Waals surface area contributed by atoms with Gasteiger partial charge in [-0.05, 0) is 40.2 Å². The summed E-state index contributed by atoms with van der Waals surface area (Å²) in [6, 6.07) is 6.16. The van der Waals surface area contributed by atoms with E-state index in [1.807, 2.05) is 0 Å². The first kappa shape index (κ1) is 15.4. The Morgan fingerprint density at radius 3 is 2.74 bits per heavy atom. The lowest BCUT2D eigenvalue weighted by Gasteiger charge is -2.03. The number of aromatic carboxylic acids is 1. The Balaban J connectivity index is 1.87. The molecule has 0 aliphatic carbocycles.